The maximum absolute atomic E-state index is 11.9. The predicted octanol–water partition coefficient (Wildman–Crippen LogP) is 3.45. The number of fused-ring (bicyclic) bond motifs is 3. The molecule has 2 aliphatic rings. The van der Waals surface area contributed by atoms with Crippen molar-refractivity contribution in [2.24, 2.45) is 9.98 Å². The van der Waals surface area contributed by atoms with Crippen molar-refractivity contribution in [1.29, 1.82) is 0 Å². The molecule has 112 valence electrons. The zero-order valence-electron chi connectivity index (χ0n) is 12.2. The number of carbonyl (C=O) groups excluding carboxylic acids is 1. The van der Waals surface area contributed by atoms with Crippen LogP contribution in [0.2, 0.25) is 5.02 Å². The summed E-state index contributed by atoms with van der Waals surface area (Å²) < 4.78 is 0. The first kappa shape index (κ1) is 13.9. The highest BCUT2D eigenvalue weighted by Gasteiger charge is 2.33. The van der Waals surface area contributed by atoms with Crippen LogP contribution >= 0.6 is 11.6 Å². The van der Waals surface area contributed by atoms with Gasteiger partial charge in [0.2, 0.25) is 0 Å². The fourth-order valence-corrected chi connectivity index (χ4v) is 3.09. The molecule has 0 aromatic heterocycles. The summed E-state index contributed by atoms with van der Waals surface area (Å²) >= 11 is 6.35. The second-order valence-electron chi connectivity index (χ2n) is 5.28. The van der Waals surface area contributed by atoms with E-state index in [1.54, 1.807) is 4.90 Å². The lowest BCUT2D eigenvalue weighted by Gasteiger charge is -2.20. The summed E-state index contributed by atoms with van der Waals surface area (Å²) in [5.41, 5.74) is 3.76. The Labute approximate surface area is 138 Å². The number of aliphatic imine (C=N–C) groups is 2. The number of amides is 1. The van der Waals surface area contributed by atoms with Crippen molar-refractivity contribution < 1.29 is 4.79 Å². The van der Waals surface area contributed by atoms with Crippen molar-refractivity contribution in [3.05, 3.63) is 77.0 Å². The molecule has 2 aromatic carbocycles. The van der Waals surface area contributed by atoms with Crippen LogP contribution in [0.25, 0.3) is 0 Å². The van der Waals surface area contributed by atoms with Crippen LogP contribution in [0.15, 0.2) is 70.8 Å². The van der Waals surface area contributed by atoms with Crippen molar-refractivity contribution in [3.8, 4) is 0 Å². The van der Waals surface area contributed by atoms with Crippen molar-refractivity contribution in [3.63, 3.8) is 0 Å². The topological polar surface area (TPSA) is 45.0 Å². The molecule has 0 fully saturated rings. The van der Waals surface area contributed by atoms with E-state index in [2.05, 4.69) is 16.6 Å². The largest absolute Gasteiger partial charge is 0.295 e. The Hall–Kier alpha value is -2.72. The third-order valence-corrected chi connectivity index (χ3v) is 4.24. The van der Waals surface area contributed by atoms with Gasteiger partial charge in [0.1, 0.15) is 11.5 Å². The highest BCUT2D eigenvalue weighted by Crippen LogP contribution is 2.33. The number of carbonyl (C=O) groups is 1. The lowest BCUT2D eigenvalue weighted by molar-refractivity contribution is -0.113. The van der Waals surface area contributed by atoms with E-state index in [0.29, 0.717) is 23.1 Å². The number of hydrogen-bond acceptors (Lipinski definition) is 3. The van der Waals surface area contributed by atoms with E-state index >= 15 is 0 Å². The van der Waals surface area contributed by atoms with Gasteiger partial charge in [-0.15, -0.1) is 0 Å². The van der Waals surface area contributed by atoms with E-state index in [1.807, 2.05) is 48.5 Å². The van der Waals surface area contributed by atoms with Gasteiger partial charge in [0.05, 0.1) is 17.9 Å². The van der Waals surface area contributed by atoms with Crippen LogP contribution in [0.4, 0.5) is 5.69 Å². The fraction of sp³-hybridized carbons (Fsp3) is 0.0556. The molecule has 0 saturated carbocycles. The molecular formula is C18H12ClN3O. The normalized spacial score (nSPS) is 16.5. The summed E-state index contributed by atoms with van der Waals surface area (Å²) in [4.78, 5) is 22.4. The Balaban J connectivity index is 1.97. The summed E-state index contributed by atoms with van der Waals surface area (Å²) in [5.74, 6) is 0.278. The number of rotatable bonds is 1. The van der Waals surface area contributed by atoms with Crippen LogP contribution in [0.5, 0.6) is 0 Å². The highest BCUT2D eigenvalue weighted by atomic mass is 35.5. The van der Waals surface area contributed by atoms with Gasteiger partial charge >= 0.3 is 0 Å². The van der Waals surface area contributed by atoms with Gasteiger partial charge in [-0.1, -0.05) is 54.6 Å². The van der Waals surface area contributed by atoms with Crippen molar-refractivity contribution >= 4 is 34.7 Å². The molecule has 2 aromatic rings. The quantitative estimate of drug-likeness (QED) is 0.755. The minimum Gasteiger partial charge on any atom is -0.291 e. The second-order valence-corrected chi connectivity index (χ2v) is 5.68. The summed E-state index contributed by atoms with van der Waals surface area (Å²) in [6.07, 6.45) is 0. The van der Waals surface area contributed by atoms with Crippen LogP contribution in [0, 0.1) is 0 Å². The van der Waals surface area contributed by atoms with E-state index in [1.165, 1.54) is 0 Å². The van der Waals surface area contributed by atoms with Crippen LogP contribution in [-0.2, 0) is 4.79 Å². The van der Waals surface area contributed by atoms with Crippen LogP contribution < -0.4 is 4.90 Å². The average molecular weight is 322 g/mol. The van der Waals surface area contributed by atoms with Gasteiger partial charge in [-0.05, 0) is 12.1 Å². The number of nitrogens with zero attached hydrogens (tertiary/aromatic N) is 3. The Morgan fingerprint density at radius 1 is 1.04 bits per heavy atom. The third kappa shape index (κ3) is 2.11. The van der Waals surface area contributed by atoms with Gasteiger partial charge in [-0.2, -0.15) is 4.99 Å². The molecule has 0 N–H and O–H groups in total. The maximum Gasteiger partial charge on any atom is 0.295 e. The first-order chi connectivity index (χ1) is 11.2. The number of para-hydroxylation sites is 1. The molecular weight excluding hydrogens is 310 g/mol. The minimum atomic E-state index is -0.314. The van der Waals surface area contributed by atoms with E-state index in [9.17, 15) is 4.79 Å². The van der Waals surface area contributed by atoms with Crippen LogP contribution in [0.1, 0.15) is 11.1 Å². The Kier molecular flexibility index (Phi) is 3.13. The lowest BCUT2D eigenvalue weighted by Crippen LogP contribution is -2.27. The maximum atomic E-state index is 11.9. The Morgan fingerprint density at radius 3 is 2.52 bits per heavy atom. The van der Waals surface area contributed by atoms with E-state index in [0.717, 1.165) is 22.5 Å². The van der Waals surface area contributed by atoms with Gasteiger partial charge in [0.15, 0.2) is 0 Å². The molecule has 1 amide bonds. The highest BCUT2D eigenvalue weighted by molar-refractivity contribution is 6.36. The SMILES string of the molecule is C=C1C(=O)N=C2CN=C(c3ccccc3Cl)c3ccccc3N12. The third-order valence-electron chi connectivity index (χ3n) is 3.91. The predicted molar refractivity (Wildman–Crippen MR) is 92.5 cm³/mol. The minimum absolute atomic E-state index is 0.306. The van der Waals surface area contributed by atoms with Crippen molar-refractivity contribution in [2.45, 2.75) is 0 Å². The molecule has 0 bridgehead atoms. The molecule has 0 spiro atoms. The molecule has 0 unspecified atom stereocenters. The van der Waals surface area contributed by atoms with Crippen molar-refractivity contribution in [2.75, 3.05) is 11.4 Å². The van der Waals surface area contributed by atoms with Gasteiger partial charge in [-0.25, -0.2) is 0 Å². The molecule has 0 saturated heterocycles. The summed E-state index contributed by atoms with van der Waals surface area (Å²) in [7, 11) is 0. The lowest BCUT2D eigenvalue weighted by atomic mass is 10.00. The summed E-state index contributed by atoms with van der Waals surface area (Å²) in [6.45, 7) is 4.17. The zero-order chi connectivity index (χ0) is 16.0. The summed E-state index contributed by atoms with van der Waals surface area (Å²) in [6, 6.07) is 15.4. The molecule has 5 heteroatoms. The smallest absolute Gasteiger partial charge is 0.291 e. The number of hydrogen-bond donors (Lipinski definition) is 0. The standard InChI is InChI=1S/C18H12ClN3O/c1-11-18(23)21-16-10-20-17(12-6-2-4-8-14(12)19)13-7-3-5-9-15(13)22(11)16/h2-9H,1,10H2. The van der Waals surface area contributed by atoms with Crippen molar-refractivity contribution in [1.82, 2.24) is 0 Å². The first-order valence-corrected chi connectivity index (χ1v) is 7.54. The first-order valence-electron chi connectivity index (χ1n) is 7.16. The summed E-state index contributed by atoms with van der Waals surface area (Å²) in [5, 5.41) is 0.639. The Bertz CT molecular complexity index is 914. The molecule has 4 nitrogen and oxygen atoms in total. The number of benzene rings is 2. The molecule has 0 atom stereocenters. The monoisotopic (exact) mass is 321 g/mol. The van der Waals surface area contributed by atoms with E-state index < -0.39 is 0 Å². The number of anilines is 1. The molecule has 4 rings (SSSR count). The van der Waals surface area contributed by atoms with Gasteiger partial charge < -0.3 is 0 Å². The Morgan fingerprint density at radius 2 is 1.74 bits per heavy atom. The van der Waals surface area contributed by atoms with Crippen LogP contribution in [-0.4, -0.2) is 24.0 Å². The van der Waals surface area contributed by atoms with Crippen LogP contribution in [0.3, 0.4) is 0 Å². The van der Waals surface area contributed by atoms with E-state index in [4.69, 9.17) is 11.6 Å². The van der Waals surface area contributed by atoms with E-state index in [-0.39, 0.29) is 5.91 Å². The fourth-order valence-electron chi connectivity index (χ4n) is 2.86. The molecule has 23 heavy (non-hydrogen) atoms. The average Bonchev–Trinajstić information content (AvgIpc) is 2.75. The molecule has 0 radical (unpaired) electrons. The molecule has 2 heterocycles. The number of halogens is 1. The second kappa shape index (κ2) is 5.18. The van der Waals surface area contributed by atoms with Gasteiger partial charge in [0.25, 0.3) is 5.91 Å². The zero-order valence-corrected chi connectivity index (χ0v) is 12.9. The van der Waals surface area contributed by atoms with Gasteiger partial charge in [-0.3, -0.25) is 14.7 Å². The van der Waals surface area contributed by atoms with Gasteiger partial charge in [0, 0.05) is 16.1 Å². The number of amidine groups is 1. The molecule has 0 aliphatic carbocycles. The molecule has 2 aliphatic heterocycles.